The maximum absolute atomic E-state index is 14.1. The summed E-state index contributed by atoms with van der Waals surface area (Å²) in [5.41, 5.74) is 0. The van der Waals surface area contributed by atoms with Gasteiger partial charge in [0, 0.05) is 19.8 Å². The van der Waals surface area contributed by atoms with Crippen LogP contribution in [0.3, 0.4) is 0 Å². The van der Waals surface area contributed by atoms with E-state index >= 15 is 0 Å². The van der Waals surface area contributed by atoms with Crippen molar-refractivity contribution in [2.24, 2.45) is 5.92 Å². The first-order valence-electron chi connectivity index (χ1n) is 34.4. The minimum atomic E-state index is -2.05. The highest BCUT2D eigenvalue weighted by atomic mass is 16.8. The molecule has 28 nitrogen and oxygen atoms in total. The molecular weight excluding hydrogens is 1230 g/mol. The van der Waals surface area contributed by atoms with E-state index in [-0.39, 0.29) is 18.9 Å². The van der Waals surface area contributed by atoms with E-state index in [2.05, 4.69) is 13.8 Å². The molecule has 0 aromatic heterocycles. The van der Waals surface area contributed by atoms with Gasteiger partial charge in [0.1, 0.15) is 73.2 Å². The first-order valence-corrected chi connectivity index (χ1v) is 34.4. The molecule has 0 saturated carbocycles. The predicted octanol–water partition coefficient (Wildman–Crippen LogP) is 2.82. The lowest BCUT2D eigenvalue weighted by Gasteiger charge is -2.50. The monoisotopic (exact) mass is 1340 g/mol. The second-order valence-corrected chi connectivity index (χ2v) is 26.2. The van der Waals surface area contributed by atoms with Crippen LogP contribution in [0.5, 0.6) is 0 Å². The van der Waals surface area contributed by atoms with Crippen LogP contribution in [-0.2, 0) is 85.5 Å². The lowest BCUT2D eigenvalue weighted by molar-refractivity contribution is -0.396. The van der Waals surface area contributed by atoms with Crippen molar-refractivity contribution in [1.82, 2.24) is 0 Å². The van der Waals surface area contributed by atoms with E-state index in [1.54, 1.807) is 0 Å². The summed E-state index contributed by atoms with van der Waals surface area (Å²) in [5.74, 6) is -4.60. The van der Waals surface area contributed by atoms with Gasteiger partial charge in [0.2, 0.25) is 0 Å². The zero-order valence-electron chi connectivity index (χ0n) is 55.7. The predicted molar refractivity (Wildman–Crippen MR) is 324 cm³/mol. The molecule has 6 rings (SSSR count). The van der Waals surface area contributed by atoms with Gasteiger partial charge < -0.3 is 117 Å². The van der Waals surface area contributed by atoms with Crippen LogP contribution in [-0.4, -0.2) is 254 Å². The molecule has 540 valence electrons. The maximum Gasteiger partial charge on any atom is 0.311 e. The highest BCUT2D eigenvalue weighted by Crippen LogP contribution is 2.40. The van der Waals surface area contributed by atoms with E-state index in [1.807, 2.05) is 0 Å². The molecule has 6 fully saturated rings. The molecule has 0 aromatic carbocycles. The number of aliphatic hydroxyl groups excluding tert-OH is 10. The number of hydrogen-bond donors (Lipinski definition) is 10. The van der Waals surface area contributed by atoms with Gasteiger partial charge in [0.05, 0.1) is 49.7 Å². The Balaban J connectivity index is 1.34. The SMILES string of the molecule is CCCCCCCCCCCC(=O)O[C@H]1[C@H](O[C@@H]2[C@@H](O)[C@H]3OC(=O)CCCCCCCCCC(CCCCC)O[C@@H]4O[C@H](CO)[C@@H](O)[C@H](O)[C@H]4O[C@H]3O[C@H]2C)O[C@@H](C)[C@H](O[C@@H]2O[C@@H](C)[C@H](OC(C)=O)[C@@H](OC(=O)C(C)[C@H](C)O)[C@H]2O[C@@H]2O[C@H](CO)[C@@H](O)[C@H](O)[C@H]2O)[C@H]1O. The second-order valence-electron chi connectivity index (χ2n) is 26.2. The Morgan fingerprint density at radius 2 is 1.02 bits per heavy atom. The Morgan fingerprint density at radius 1 is 0.495 bits per heavy atom. The number of hydrogen-bond acceptors (Lipinski definition) is 28. The minimum Gasteiger partial charge on any atom is -0.456 e. The largest absolute Gasteiger partial charge is 0.456 e. The summed E-state index contributed by atoms with van der Waals surface area (Å²) in [6, 6.07) is 0. The van der Waals surface area contributed by atoms with Crippen LogP contribution in [0.25, 0.3) is 0 Å². The Kier molecular flexibility index (Phi) is 33.7. The summed E-state index contributed by atoms with van der Waals surface area (Å²) in [6.45, 7) is 10.8. The van der Waals surface area contributed by atoms with E-state index in [9.17, 15) is 70.2 Å². The van der Waals surface area contributed by atoms with Crippen molar-refractivity contribution in [2.45, 2.75) is 369 Å². The van der Waals surface area contributed by atoms with Crippen molar-refractivity contribution in [3.05, 3.63) is 0 Å². The summed E-state index contributed by atoms with van der Waals surface area (Å²) >= 11 is 0. The minimum absolute atomic E-state index is 0.0610. The van der Waals surface area contributed by atoms with Crippen LogP contribution in [0.15, 0.2) is 0 Å². The number of unbranched alkanes of at least 4 members (excludes halogenated alkanes) is 10. The Labute approximate surface area is 546 Å². The smallest absolute Gasteiger partial charge is 0.311 e. The average Bonchev–Trinajstić information content (AvgIpc) is 0.780. The Morgan fingerprint density at radius 3 is 1.65 bits per heavy atom. The molecule has 0 aromatic rings. The van der Waals surface area contributed by atoms with Gasteiger partial charge in [-0.2, -0.15) is 0 Å². The normalized spacial score (nSPS) is 40.0. The molecule has 0 bridgehead atoms. The molecule has 28 atom stereocenters. The van der Waals surface area contributed by atoms with Crippen LogP contribution in [0, 0.1) is 5.92 Å². The van der Waals surface area contributed by atoms with Crippen LogP contribution in [0.2, 0.25) is 0 Å². The third-order valence-electron chi connectivity index (χ3n) is 18.6. The van der Waals surface area contributed by atoms with Crippen molar-refractivity contribution < 1.29 is 137 Å². The van der Waals surface area contributed by atoms with Crippen molar-refractivity contribution in [1.29, 1.82) is 0 Å². The van der Waals surface area contributed by atoms with Gasteiger partial charge in [-0.15, -0.1) is 0 Å². The molecule has 6 aliphatic rings. The number of aliphatic hydroxyl groups is 10. The Hall–Kier alpha value is -2.92. The highest BCUT2D eigenvalue weighted by molar-refractivity contribution is 5.73. The molecular formula is C65H112O28. The van der Waals surface area contributed by atoms with Crippen molar-refractivity contribution in [3.63, 3.8) is 0 Å². The molecule has 6 aliphatic heterocycles. The molecule has 0 amide bonds. The number of ether oxygens (including phenoxy) is 14. The van der Waals surface area contributed by atoms with Crippen molar-refractivity contribution >= 4 is 23.9 Å². The van der Waals surface area contributed by atoms with E-state index in [1.165, 1.54) is 34.6 Å². The average molecular weight is 1340 g/mol. The fourth-order valence-electron chi connectivity index (χ4n) is 12.7. The summed E-state index contributed by atoms with van der Waals surface area (Å²) < 4.78 is 87.3. The van der Waals surface area contributed by atoms with Crippen LogP contribution in [0.1, 0.15) is 203 Å². The maximum atomic E-state index is 14.1. The number of esters is 4. The number of carbonyl (C=O) groups is 4. The molecule has 28 heteroatoms. The van der Waals surface area contributed by atoms with Crippen LogP contribution < -0.4 is 0 Å². The van der Waals surface area contributed by atoms with Gasteiger partial charge in [-0.1, -0.05) is 123 Å². The molecule has 0 radical (unpaired) electrons. The van der Waals surface area contributed by atoms with Gasteiger partial charge in [-0.25, -0.2) is 0 Å². The molecule has 0 spiro atoms. The van der Waals surface area contributed by atoms with E-state index in [0.29, 0.717) is 32.1 Å². The standard InChI is InChI=1S/C65H112O28/c1-9-11-13-14-15-16-19-22-26-30-43(70)87-56-51(78)53(91-65-59(93-61-49(76)47(74)45(72)41(32-66)85-61)58(89-60(79)34(3)35(4)68)54(38(7)82-65)83-39(8)69)37(6)80-62(56)90-52-36(5)81-63-57(50(52)77)88-44(71)31-27-23-20-17-18-21-25-29-40(28-24-12-10-2)84-64-55(92-63)48(75)46(73)42(33-67)86-64/h34-38,40-42,45-59,61-68,72-78H,9-33H2,1-8H3/t34?,35-,36-,37-,38-,40?,41+,42+,45+,46+,47-,48-,49+,50+,51+,52-,53-,54-,55+,56+,57+,58+,59+,61-,62-,63+,64+,65-/m0/s1. The first kappa shape index (κ1) is 79.1. The lowest BCUT2D eigenvalue weighted by atomic mass is 9.95. The zero-order chi connectivity index (χ0) is 68.1. The number of fused-ring (bicyclic) bond motifs is 2. The van der Waals surface area contributed by atoms with E-state index < -0.39 is 203 Å². The summed E-state index contributed by atoms with van der Waals surface area (Å²) in [6.07, 6.45) is -25.4. The van der Waals surface area contributed by atoms with E-state index in [4.69, 9.17) is 66.3 Å². The highest BCUT2D eigenvalue weighted by Gasteiger charge is 2.59. The summed E-state index contributed by atoms with van der Waals surface area (Å²) in [7, 11) is 0. The fourth-order valence-corrected chi connectivity index (χ4v) is 12.7. The Bertz CT molecular complexity index is 2180. The molecule has 2 unspecified atom stereocenters. The quantitative estimate of drug-likeness (QED) is 0.0321. The lowest BCUT2D eigenvalue weighted by Crippen LogP contribution is -2.68. The zero-order valence-corrected chi connectivity index (χ0v) is 55.7. The summed E-state index contributed by atoms with van der Waals surface area (Å²) in [4.78, 5) is 54.5. The van der Waals surface area contributed by atoms with Crippen molar-refractivity contribution in [3.8, 4) is 0 Å². The molecule has 10 N–H and O–H groups in total. The molecule has 6 heterocycles. The molecule has 93 heavy (non-hydrogen) atoms. The van der Waals surface area contributed by atoms with Gasteiger partial charge in [0.25, 0.3) is 0 Å². The topological polar surface area (TPSA) is 400 Å². The third-order valence-corrected chi connectivity index (χ3v) is 18.6. The molecule has 0 aliphatic carbocycles. The van der Waals surface area contributed by atoms with Gasteiger partial charge in [0.15, 0.2) is 62.0 Å². The van der Waals surface area contributed by atoms with Gasteiger partial charge >= 0.3 is 23.9 Å². The van der Waals surface area contributed by atoms with Gasteiger partial charge in [-0.3, -0.25) is 19.2 Å². The number of rotatable bonds is 27. The molecule has 6 saturated heterocycles. The second kappa shape index (κ2) is 39.6. The van der Waals surface area contributed by atoms with Crippen LogP contribution in [0.4, 0.5) is 0 Å². The number of carbonyl (C=O) groups excluding carboxylic acids is 4. The van der Waals surface area contributed by atoms with Gasteiger partial charge in [-0.05, 0) is 60.3 Å². The van der Waals surface area contributed by atoms with E-state index in [0.717, 1.165) is 110 Å². The first-order chi connectivity index (χ1) is 44.4. The third kappa shape index (κ3) is 22.5. The summed E-state index contributed by atoms with van der Waals surface area (Å²) in [5, 5.41) is 112. The van der Waals surface area contributed by atoms with Crippen LogP contribution >= 0.6 is 0 Å². The van der Waals surface area contributed by atoms with Crippen molar-refractivity contribution in [2.75, 3.05) is 13.2 Å². The fraction of sp³-hybridized carbons (Fsp3) is 0.938.